The lowest BCUT2D eigenvalue weighted by molar-refractivity contribution is 0.102. The van der Waals surface area contributed by atoms with E-state index in [1.807, 2.05) is 25.1 Å². The molecule has 0 atom stereocenters. The third kappa shape index (κ3) is 3.36. The number of rotatable bonds is 2. The first-order chi connectivity index (χ1) is 8.97. The number of carbonyl (C=O) groups is 1. The van der Waals surface area contributed by atoms with Crippen molar-refractivity contribution in [1.82, 2.24) is 0 Å². The molecular weight excluding hydrogens is 374 g/mol. The van der Waals surface area contributed by atoms with Crippen LogP contribution in [-0.2, 0) is 0 Å². The molecule has 0 aliphatic heterocycles. The summed E-state index contributed by atoms with van der Waals surface area (Å²) in [4.78, 5) is 12.0. The van der Waals surface area contributed by atoms with E-state index >= 15 is 0 Å². The lowest BCUT2D eigenvalue weighted by atomic mass is 10.2. The predicted octanol–water partition coefficient (Wildman–Crippen LogP) is 4.48. The second-order valence-electron chi connectivity index (χ2n) is 4.08. The van der Waals surface area contributed by atoms with Gasteiger partial charge in [0.25, 0.3) is 5.91 Å². The number of phenols is 1. The molecule has 0 heterocycles. The average Bonchev–Trinajstić information content (AvgIpc) is 2.37. The maximum atomic E-state index is 12.0. The van der Waals surface area contributed by atoms with E-state index in [1.54, 1.807) is 12.1 Å². The van der Waals surface area contributed by atoms with Crippen molar-refractivity contribution in [2.75, 3.05) is 5.32 Å². The Morgan fingerprint density at radius 3 is 2.47 bits per heavy atom. The van der Waals surface area contributed by atoms with Gasteiger partial charge in [0.1, 0.15) is 5.75 Å². The molecule has 2 aromatic rings. The highest BCUT2D eigenvalue weighted by Crippen LogP contribution is 2.25. The number of hydrogen-bond acceptors (Lipinski definition) is 2. The quantitative estimate of drug-likeness (QED) is 0.801. The molecule has 0 bridgehead atoms. The van der Waals surface area contributed by atoms with Crippen molar-refractivity contribution in [1.29, 1.82) is 0 Å². The van der Waals surface area contributed by atoms with E-state index in [-0.39, 0.29) is 11.7 Å². The van der Waals surface area contributed by atoms with Crippen LogP contribution in [0, 0.1) is 6.92 Å². The van der Waals surface area contributed by atoms with Crippen molar-refractivity contribution in [3.63, 3.8) is 0 Å². The number of phenolic OH excluding ortho intramolecular Hbond substituents is 1. The summed E-state index contributed by atoms with van der Waals surface area (Å²) in [6.07, 6.45) is 0. The van der Waals surface area contributed by atoms with Crippen LogP contribution >= 0.6 is 31.9 Å². The Labute approximate surface area is 127 Å². The molecule has 19 heavy (non-hydrogen) atoms. The van der Waals surface area contributed by atoms with Gasteiger partial charge < -0.3 is 10.4 Å². The second kappa shape index (κ2) is 5.75. The summed E-state index contributed by atoms with van der Waals surface area (Å²) >= 11 is 6.59. The van der Waals surface area contributed by atoms with E-state index < -0.39 is 0 Å². The fourth-order valence-corrected chi connectivity index (χ4v) is 2.15. The maximum Gasteiger partial charge on any atom is 0.255 e. The molecule has 0 radical (unpaired) electrons. The molecule has 5 heteroatoms. The number of aromatic hydroxyl groups is 1. The summed E-state index contributed by atoms with van der Waals surface area (Å²) in [5, 5.41) is 12.3. The van der Waals surface area contributed by atoms with Crippen LogP contribution in [-0.4, -0.2) is 11.0 Å². The number of anilines is 1. The van der Waals surface area contributed by atoms with Crippen LogP contribution in [0.3, 0.4) is 0 Å². The van der Waals surface area contributed by atoms with E-state index in [2.05, 4.69) is 37.2 Å². The van der Waals surface area contributed by atoms with Gasteiger partial charge in [0, 0.05) is 15.7 Å². The van der Waals surface area contributed by atoms with Crippen molar-refractivity contribution in [3.8, 4) is 5.75 Å². The molecule has 2 aromatic carbocycles. The van der Waals surface area contributed by atoms with E-state index in [1.165, 1.54) is 6.07 Å². The van der Waals surface area contributed by atoms with Crippen LogP contribution in [0.4, 0.5) is 5.69 Å². The van der Waals surface area contributed by atoms with Gasteiger partial charge in [0.05, 0.1) is 4.47 Å². The first-order valence-electron chi connectivity index (χ1n) is 5.53. The fourth-order valence-electron chi connectivity index (χ4n) is 1.53. The number of amides is 1. The minimum atomic E-state index is -0.265. The molecule has 0 aromatic heterocycles. The van der Waals surface area contributed by atoms with E-state index in [0.717, 1.165) is 10.0 Å². The minimum Gasteiger partial charge on any atom is -0.507 e. The van der Waals surface area contributed by atoms with Crippen LogP contribution in [0.25, 0.3) is 0 Å². The standard InChI is InChI=1S/C14H11Br2NO2/c1-8-2-4-10(7-12(8)16)17-14(19)9-3-5-11(15)13(18)6-9/h2-7,18H,1H3,(H,17,19). The smallest absolute Gasteiger partial charge is 0.255 e. The van der Waals surface area contributed by atoms with E-state index in [4.69, 9.17) is 0 Å². The summed E-state index contributed by atoms with van der Waals surface area (Å²) in [7, 11) is 0. The zero-order valence-corrected chi connectivity index (χ0v) is 13.2. The SMILES string of the molecule is Cc1ccc(NC(=O)c2ccc(Br)c(O)c2)cc1Br. The van der Waals surface area contributed by atoms with Gasteiger partial charge in [0.2, 0.25) is 0 Å². The summed E-state index contributed by atoms with van der Waals surface area (Å²) in [6.45, 7) is 1.97. The minimum absolute atomic E-state index is 0.0396. The largest absolute Gasteiger partial charge is 0.507 e. The molecule has 2 N–H and O–H groups in total. The number of benzene rings is 2. The Balaban J connectivity index is 2.20. The maximum absolute atomic E-state index is 12.0. The van der Waals surface area contributed by atoms with Gasteiger partial charge in [-0.15, -0.1) is 0 Å². The van der Waals surface area contributed by atoms with Crippen molar-refractivity contribution >= 4 is 43.5 Å². The van der Waals surface area contributed by atoms with E-state index in [9.17, 15) is 9.90 Å². The Morgan fingerprint density at radius 2 is 1.84 bits per heavy atom. The number of hydrogen-bond donors (Lipinski definition) is 2. The summed E-state index contributed by atoms with van der Waals surface area (Å²) in [6, 6.07) is 10.3. The second-order valence-corrected chi connectivity index (χ2v) is 5.79. The molecule has 3 nitrogen and oxygen atoms in total. The Hall–Kier alpha value is -1.33. The number of aryl methyl sites for hydroxylation is 1. The van der Waals surface area contributed by atoms with Gasteiger partial charge in [-0.2, -0.15) is 0 Å². The van der Waals surface area contributed by atoms with Gasteiger partial charge in [-0.05, 0) is 58.7 Å². The Kier molecular flexibility index (Phi) is 4.27. The van der Waals surface area contributed by atoms with Gasteiger partial charge in [-0.25, -0.2) is 0 Å². The van der Waals surface area contributed by atoms with Gasteiger partial charge >= 0.3 is 0 Å². The van der Waals surface area contributed by atoms with Gasteiger partial charge in [-0.1, -0.05) is 22.0 Å². The number of carbonyl (C=O) groups excluding carboxylic acids is 1. The highest BCUT2D eigenvalue weighted by Gasteiger charge is 2.09. The monoisotopic (exact) mass is 383 g/mol. The van der Waals surface area contributed by atoms with Gasteiger partial charge in [0.15, 0.2) is 0 Å². The third-order valence-electron chi connectivity index (χ3n) is 2.64. The average molecular weight is 385 g/mol. The first-order valence-corrected chi connectivity index (χ1v) is 7.12. The number of nitrogens with one attached hydrogen (secondary N) is 1. The summed E-state index contributed by atoms with van der Waals surface area (Å²) in [5.74, 6) is -0.226. The van der Waals surface area contributed by atoms with Crippen molar-refractivity contribution in [2.45, 2.75) is 6.92 Å². The van der Waals surface area contributed by atoms with Crippen molar-refractivity contribution < 1.29 is 9.90 Å². The Morgan fingerprint density at radius 1 is 1.11 bits per heavy atom. The summed E-state index contributed by atoms with van der Waals surface area (Å²) < 4.78 is 1.49. The fraction of sp³-hybridized carbons (Fsp3) is 0.0714. The lowest BCUT2D eigenvalue weighted by Crippen LogP contribution is -2.11. The van der Waals surface area contributed by atoms with Gasteiger partial charge in [-0.3, -0.25) is 4.79 Å². The molecule has 0 fully saturated rings. The van der Waals surface area contributed by atoms with Crippen LogP contribution in [0.15, 0.2) is 45.3 Å². The van der Waals surface area contributed by atoms with Crippen molar-refractivity contribution in [2.24, 2.45) is 0 Å². The molecule has 98 valence electrons. The lowest BCUT2D eigenvalue weighted by Gasteiger charge is -2.07. The molecule has 2 rings (SSSR count). The molecule has 0 saturated carbocycles. The molecule has 1 amide bonds. The molecular formula is C14H11Br2NO2. The van der Waals surface area contributed by atoms with Crippen LogP contribution in [0.1, 0.15) is 15.9 Å². The van der Waals surface area contributed by atoms with Crippen LogP contribution in [0.5, 0.6) is 5.75 Å². The topological polar surface area (TPSA) is 49.3 Å². The summed E-state index contributed by atoms with van der Waals surface area (Å²) in [5.41, 5.74) is 2.20. The number of halogens is 2. The molecule has 0 aliphatic carbocycles. The molecule has 0 spiro atoms. The molecule has 0 unspecified atom stereocenters. The third-order valence-corrected chi connectivity index (χ3v) is 4.16. The van der Waals surface area contributed by atoms with Crippen LogP contribution < -0.4 is 5.32 Å². The zero-order valence-electron chi connectivity index (χ0n) is 10.1. The van der Waals surface area contributed by atoms with Crippen LogP contribution in [0.2, 0.25) is 0 Å². The Bertz CT molecular complexity index is 641. The zero-order chi connectivity index (χ0) is 14.0. The molecule has 0 saturated heterocycles. The predicted molar refractivity (Wildman–Crippen MR) is 82.6 cm³/mol. The van der Waals surface area contributed by atoms with E-state index in [0.29, 0.717) is 15.7 Å². The first kappa shape index (κ1) is 14.1. The highest BCUT2D eigenvalue weighted by molar-refractivity contribution is 9.10. The normalized spacial score (nSPS) is 10.3. The van der Waals surface area contributed by atoms with Crippen molar-refractivity contribution in [3.05, 3.63) is 56.5 Å². The molecule has 0 aliphatic rings. The highest BCUT2D eigenvalue weighted by atomic mass is 79.9.